The number of hydrogen-bond donors (Lipinski definition) is 0. The van der Waals surface area contributed by atoms with Crippen molar-refractivity contribution in [2.45, 2.75) is 25.7 Å². The Balaban J connectivity index is 1.91. The molecule has 0 aliphatic carbocycles. The Kier molecular flexibility index (Phi) is 6.36. The van der Waals surface area contributed by atoms with Gasteiger partial charge in [0.25, 0.3) is 10.1 Å². The smallest absolute Gasteiger partial charge is 0.309 e. The predicted molar refractivity (Wildman–Crippen MR) is 108 cm³/mol. The monoisotopic (exact) mass is 403 g/mol. The van der Waals surface area contributed by atoms with Crippen molar-refractivity contribution in [1.82, 2.24) is 0 Å². The molecule has 1 heterocycles. The second kappa shape index (κ2) is 8.75. The fourth-order valence-electron chi connectivity index (χ4n) is 3.48. The van der Waals surface area contributed by atoms with Crippen molar-refractivity contribution < 1.29 is 22.1 Å². The average Bonchev–Trinajstić information content (AvgIpc) is 2.81. The summed E-state index contributed by atoms with van der Waals surface area (Å²) < 4.78 is 32.2. The van der Waals surface area contributed by atoms with Gasteiger partial charge in [0.15, 0.2) is 0 Å². The zero-order valence-electron chi connectivity index (χ0n) is 16.2. The third kappa shape index (κ3) is 5.11. The summed E-state index contributed by atoms with van der Waals surface area (Å²) in [6, 6.07) is 14.3. The van der Waals surface area contributed by atoms with Crippen molar-refractivity contribution in [2.24, 2.45) is 0 Å². The maximum Gasteiger partial charge on any atom is 0.309 e. The molecule has 1 aliphatic rings. The van der Waals surface area contributed by atoms with E-state index >= 15 is 0 Å². The van der Waals surface area contributed by atoms with Gasteiger partial charge in [0.2, 0.25) is 0 Å². The Labute approximate surface area is 166 Å². The van der Waals surface area contributed by atoms with Crippen molar-refractivity contribution in [3.05, 3.63) is 59.2 Å². The standard InChI is InChI=1S/C21H25NO5S/c1-26-21(23)15-16-8-9-18-11-10-17-6-3-4-7-19(17)22(20(18)14-16)12-5-13-27-28(2,24)25/h3-4,6-9,14H,5,10-13,15H2,1-2H3. The normalized spacial score (nSPS) is 13.4. The van der Waals surface area contributed by atoms with Crippen molar-refractivity contribution in [3.63, 3.8) is 0 Å². The number of nitrogens with zero attached hydrogens (tertiary/aromatic N) is 1. The van der Waals surface area contributed by atoms with Gasteiger partial charge in [-0.2, -0.15) is 8.42 Å². The molecule has 2 aromatic rings. The Morgan fingerprint density at radius 3 is 2.50 bits per heavy atom. The molecule has 0 radical (unpaired) electrons. The molecule has 150 valence electrons. The number of carbonyl (C=O) groups is 1. The van der Waals surface area contributed by atoms with E-state index in [0.29, 0.717) is 13.0 Å². The Hall–Kier alpha value is -2.38. The summed E-state index contributed by atoms with van der Waals surface area (Å²) >= 11 is 0. The second-order valence-corrected chi connectivity index (χ2v) is 8.52. The lowest BCUT2D eigenvalue weighted by Gasteiger charge is -2.27. The van der Waals surface area contributed by atoms with E-state index in [1.165, 1.54) is 18.2 Å². The molecule has 0 saturated heterocycles. The minimum Gasteiger partial charge on any atom is -0.469 e. The van der Waals surface area contributed by atoms with Crippen molar-refractivity contribution in [3.8, 4) is 0 Å². The molecule has 0 unspecified atom stereocenters. The van der Waals surface area contributed by atoms with E-state index in [1.807, 2.05) is 24.3 Å². The average molecular weight is 404 g/mol. The van der Waals surface area contributed by atoms with Crippen LogP contribution >= 0.6 is 0 Å². The van der Waals surface area contributed by atoms with Gasteiger partial charge in [0, 0.05) is 17.9 Å². The maximum atomic E-state index is 11.7. The highest BCUT2D eigenvalue weighted by molar-refractivity contribution is 7.85. The molecule has 0 saturated carbocycles. The number of methoxy groups -OCH3 is 1. The van der Waals surface area contributed by atoms with E-state index in [2.05, 4.69) is 23.1 Å². The summed E-state index contributed by atoms with van der Waals surface area (Å²) in [5, 5.41) is 0. The molecular formula is C21H25NO5S. The zero-order chi connectivity index (χ0) is 20.1. The molecule has 0 atom stereocenters. The van der Waals surface area contributed by atoms with E-state index in [0.717, 1.165) is 36.0 Å². The van der Waals surface area contributed by atoms with Crippen LogP contribution in [-0.2, 0) is 43.1 Å². The molecule has 3 rings (SSSR count). The van der Waals surface area contributed by atoms with Crippen molar-refractivity contribution in [1.29, 1.82) is 0 Å². The van der Waals surface area contributed by atoms with Crippen LogP contribution in [0.15, 0.2) is 42.5 Å². The fraction of sp³-hybridized carbons (Fsp3) is 0.381. The number of fused-ring (bicyclic) bond motifs is 2. The third-order valence-corrected chi connectivity index (χ3v) is 5.38. The molecule has 7 heteroatoms. The lowest BCUT2D eigenvalue weighted by molar-refractivity contribution is -0.139. The molecule has 0 spiro atoms. The molecule has 1 aliphatic heterocycles. The van der Waals surface area contributed by atoms with Crippen molar-refractivity contribution in [2.75, 3.05) is 31.4 Å². The summed E-state index contributed by atoms with van der Waals surface area (Å²) in [6.07, 6.45) is 3.66. The molecule has 0 fully saturated rings. The quantitative estimate of drug-likeness (QED) is 0.402. The van der Waals surface area contributed by atoms with Gasteiger partial charge in [0.05, 0.1) is 26.4 Å². The minimum absolute atomic E-state index is 0.134. The molecule has 0 aromatic heterocycles. The Bertz CT molecular complexity index is 955. The number of benzene rings is 2. The van der Waals surface area contributed by atoms with Gasteiger partial charge >= 0.3 is 5.97 Å². The number of esters is 1. The summed E-state index contributed by atoms with van der Waals surface area (Å²) in [5.74, 6) is -0.276. The molecule has 0 bridgehead atoms. The van der Waals surface area contributed by atoms with Gasteiger partial charge in [-0.05, 0) is 48.1 Å². The fourth-order valence-corrected chi connectivity index (χ4v) is 3.90. The van der Waals surface area contributed by atoms with E-state index in [4.69, 9.17) is 8.92 Å². The lowest BCUT2D eigenvalue weighted by Crippen LogP contribution is -2.22. The summed E-state index contributed by atoms with van der Waals surface area (Å²) in [6.45, 7) is 0.746. The number of aryl methyl sites for hydroxylation is 2. The minimum atomic E-state index is -3.45. The van der Waals surface area contributed by atoms with E-state index in [-0.39, 0.29) is 19.0 Å². The first-order valence-electron chi connectivity index (χ1n) is 9.26. The van der Waals surface area contributed by atoms with Crippen LogP contribution in [0.2, 0.25) is 0 Å². The Morgan fingerprint density at radius 2 is 1.79 bits per heavy atom. The summed E-state index contributed by atoms with van der Waals surface area (Å²) in [5.41, 5.74) is 5.50. The van der Waals surface area contributed by atoms with Crippen LogP contribution in [0.5, 0.6) is 0 Å². The van der Waals surface area contributed by atoms with Crippen LogP contribution in [0.3, 0.4) is 0 Å². The highest BCUT2D eigenvalue weighted by atomic mass is 32.2. The van der Waals surface area contributed by atoms with E-state index in [9.17, 15) is 13.2 Å². The van der Waals surface area contributed by atoms with Gasteiger partial charge in [-0.3, -0.25) is 8.98 Å². The van der Waals surface area contributed by atoms with Gasteiger partial charge in [-0.25, -0.2) is 0 Å². The van der Waals surface area contributed by atoms with Gasteiger partial charge < -0.3 is 9.64 Å². The third-order valence-electron chi connectivity index (χ3n) is 4.79. The molecule has 0 N–H and O–H groups in total. The van der Waals surface area contributed by atoms with Crippen LogP contribution in [0, 0.1) is 0 Å². The maximum absolute atomic E-state index is 11.7. The highest BCUT2D eigenvalue weighted by Crippen LogP contribution is 2.36. The molecule has 0 amide bonds. The van der Waals surface area contributed by atoms with Crippen molar-refractivity contribution >= 4 is 27.5 Å². The Morgan fingerprint density at radius 1 is 1.07 bits per heavy atom. The number of ether oxygens (including phenoxy) is 1. The second-order valence-electron chi connectivity index (χ2n) is 6.88. The largest absolute Gasteiger partial charge is 0.469 e. The van der Waals surface area contributed by atoms with Gasteiger partial charge in [-0.15, -0.1) is 0 Å². The number of anilines is 2. The van der Waals surface area contributed by atoms with Crippen LogP contribution in [-0.4, -0.2) is 40.9 Å². The SMILES string of the molecule is COC(=O)Cc1ccc2c(c1)N(CCCOS(C)(=O)=O)c1ccccc1CC2. The van der Waals surface area contributed by atoms with Crippen LogP contribution < -0.4 is 4.90 Å². The first kappa shape index (κ1) is 20.4. The summed E-state index contributed by atoms with van der Waals surface area (Å²) in [7, 11) is -2.06. The first-order valence-corrected chi connectivity index (χ1v) is 11.1. The molecule has 2 aromatic carbocycles. The van der Waals surface area contributed by atoms with Gasteiger partial charge in [-0.1, -0.05) is 30.3 Å². The molecular weight excluding hydrogens is 378 g/mol. The lowest BCUT2D eigenvalue weighted by atomic mass is 10.0. The number of rotatable bonds is 7. The van der Waals surface area contributed by atoms with Gasteiger partial charge in [0.1, 0.15) is 0 Å². The zero-order valence-corrected chi connectivity index (χ0v) is 17.0. The first-order chi connectivity index (χ1) is 13.4. The van der Waals surface area contributed by atoms with Crippen LogP contribution in [0.25, 0.3) is 0 Å². The number of para-hydroxylation sites is 1. The molecule has 6 nitrogen and oxygen atoms in total. The van der Waals surface area contributed by atoms with Crippen LogP contribution in [0.4, 0.5) is 11.4 Å². The number of carbonyl (C=O) groups excluding carboxylic acids is 1. The van der Waals surface area contributed by atoms with Crippen LogP contribution in [0.1, 0.15) is 23.1 Å². The summed E-state index contributed by atoms with van der Waals surface area (Å²) in [4.78, 5) is 13.9. The molecule has 28 heavy (non-hydrogen) atoms. The van der Waals surface area contributed by atoms with E-state index in [1.54, 1.807) is 0 Å². The topological polar surface area (TPSA) is 72.9 Å². The van der Waals surface area contributed by atoms with E-state index < -0.39 is 10.1 Å². The predicted octanol–water partition coefficient (Wildman–Crippen LogP) is 3.01. The highest BCUT2D eigenvalue weighted by Gasteiger charge is 2.21. The number of hydrogen-bond acceptors (Lipinski definition) is 6.